The average Bonchev–Trinajstić information content (AvgIpc) is 3.54. The van der Waals surface area contributed by atoms with Crippen molar-refractivity contribution in [3.8, 4) is 28.3 Å². The first kappa shape index (κ1) is 33.8. The highest BCUT2D eigenvalue weighted by molar-refractivity contribution is 6.39. The van der Waals surface area contributed by atoms with E-state index in [1.165, 1.54) is 13.2 Å². The van der Waals surface area contributed by atoms with Crippen LogP contribution in [0.2, 0.25) is 10.0 Å². The largest absolute Gasteiger partial charge is 0.481 e. The van der Waals surface area contributed by atoms with Crippen LogP contribution in [-0.2, 0) is 18.3 Å². The Bertz CT molecular complexity index is 2210. The minimum atomic E-state index is -2.87. The Hall–Kier alpha value is -4.65. The number of carboxylic acid groups (broad SMARTS) is 1. The zero-order chi connectivity index (χ0) is 35.3. The van der Waals surface area contributed by atoms with E-state index in [1.54, 1.807) is 25.3 Å². The second kappa shape index (κ2) is 13.6. The standard InChI is InChI=1S/C36H32Cl2F2N6O4/c1-45-35(47)29-20(17-41-45)16-26(32(39)40)43-33(29)42-24-8-4-6-22(31(24)38)21-5-3-7-23(30(21)37)25-15-19-9-10-27(28(19)34(44-25)50-2)46-13-11-18(12-14-46)36(48)49/h3-8,15-18,27,32H,9-14H2,1-2H3,(H,42,43)(H,48,49). The molecular formula is C36H32Cl2F2N6O4. The Balaban J connectivity index is 1.23. The molecule has 0 bridgehead atoms. The number of anilines is 2. The Labute approximate surface area is 295 Å². The van der Waals surface area contributed by atoms with E-state index in [4.69, 9.17) is 32.9 Å². The molecule has 1 aliphatic carbocycles. The number of pyridine rings is 2. The molecule has 1 saturated heterocycles. The van der Waals surface area contributed by atoms with Crippen LogP contribution in [0.4, 0.5) is 20.3 Å². The molecule has 0 radical (unpaired) electrons. The van der Waals surface area contributed by atoms with E-state index in [0.29, 0.717) is 64.9 Å². The number of carbonyl (C=O) groups is 1. The third kappa shape index (κ3) is 6.05. The number of alkyl halides is 2. The van der Waals surface area contributed by atoms with Gasteiger partial charge in [0.25, 0.3) is 12.0 Å². The number of nitrogens with zero attached hydrogens (tertiary/aromatic N) is 5. The van der Waals surface area contributed by atoms with Gasteiger partial charge >= 0.3 is 5.97 Å². The third-order valence-electron chi connectivity index (χ3n) is 9.63. The van der Waals surface area contributed by atoms with Crippen molar-refractivity contribution in [3.05, 3.63) is 91.9 Å². The molecule has 50 heavy (non-hydrogen) atoms. The number of likely N-dealkylation sites (tertiary alicyclic amines) is 1. The van der Waals surface area contributed by atoms with Crippen molar-refractivity contribution in [1.82, 2.24) is 24.6 Å². The molecule has 7 rings (SSSR count). The summed E-state index contributed by atoms with van der Waals surface area (Å²) in [5.41, 5.74) is 3.92. The molecule has 0 spiro atoms. The number of fused-ring (bicyclic) bond motifs is 2. The van der Waals surface area contributed by atoms with Crippen LogP contribution >= 0.6 is 23.2 Å². The third-order valence-corrected chi connectivity index (χ3v) is 10.4. The van der Waals surface area contributed by atoms with E-state index in [-0.39, 0.29) is 33.6 Å². The molecule has 0 amide bonds. The van der Waals surface area contributed by atoms with E-state index >= 15 is 0 Å². The predicted octanol–water partition coefficient (Wildman–Crippen LogP) is 7.84. The Morgan fingerprint density at radius 2 is 1.72 bits per heavy atom. The summed E-state index contributed by atoms with van der Waals surface area (Å²) in [4.78, 5) is 35.8. The molecule has 1 atom stereocenters. The fourth-order valence-corrected chi connectivity index (χ4v) is 7.68. The summed E-state index contributed by atoms with van der Waals surface area (Å²) < 4.78 is 34.5. The van der Waals surface area contributed by atoms with E-state index in [1.807, 2.05) is 24.3 Å². The number of nitrogens with one attached hydrogen (secondary N) is 1. The van der Waals surface area contributed by atoms with E-state index < -0.39 is 23.6 Å². The van der Waals surface area contributed by atoms with Crippen molar-refractivity contribution in [2.75, 3.05) is 25.5 Å². The quantitative estimate of drug-likeness (QED) is 0.165. The molecule has 1 fully saturated rings. The van der Waals surface area contributed by atoms with E-state index in [9.17, 15) is 23.5 Å². The van der Waals surface area contributed by atoms with Crippen molar-refractivity contribution >= 4 is 51.4 Å². The van der Waals surface area contributed by atoms with Crippen LogP contribution in [0.15, 0.2) is 59.5 Å². The summed E-state index contributed by atoms with van der Waals surface area (Å²) in [7, 11) is 3.06. The first-order valence-electron chi connectivity index (χ1n) is 16.1. The number of piperidine rings is 1. The van der Waals surface area contributed by atoms with Gasteiger partial charge in [-0.15, -0.1) is 0 Å². The number of carboxylic acids is 1. The number of hydrogen-bond donors (Lipinski definition) is 2. The second-order valence-corrected chi connectivity index (χ2v) is 13.2. The summed E-state index contributed by atoms with van der Waals surface area (Å²) in [6, 6.07) is 14.0. The highest BCUT2D eigenvalue weighted by Crippen LogP contribution is 2.46. The van der Waals surface area contributed by atoms with Crippen LogP contribution < -0.4 is 15.6 Å². The number of halogens is 4. The normalized spacial score (nSPS) is 16.6. The van der Waals surface area contributed by atoms with Crippen molar-refractivity contribution < 1.29 is 23.4 Å². The van der Waals surface area contributed by atoms with Crippen molar-refractivity contribution in [2.45, 2.75) is 38.2 Å². The van der Waals surface area contributed by atoms with Gasteiger partial charge in [-0.25, -0.2) is 23.4 Å². The lowest BCUT2D eigenvalue weighted by molar-refractivity contribution is -0.143. The van der Waals surface area contributed by atoms with Crippen molar-refractivity contribution in [1.29, 1.82) is 0 Å². The zero-order valence-electron chi connectivity index (χ0n) is 27.1. The summed E-state index contributed by atoms with van der Waals surface area (Å²) in [6.07, 6.45) is 1.39. The van der Waals surface area contributed by atoms with Gasteiger partial charge in [-0.1, -0.05) is 53.5 Å². The van der Waals surface area contributed by atoms with Gasteiger partial charge in [0.15, 0.2) is 0 Å². The number of rotatable bonds is 8. The molecule has 2 aromatic carbocycles. The van der Waals surface area contributed by atoms with E-state index in [2.05, 4.69) is 20.3 Å². The summed E-state index contributed by atoms with van der Waals surface area (Å²) in [5, 5.41) is 17.4. The number of aryl methyl sites for hydroxylation is 2. The van der Waals surface area contributed by atoms with Gasteiger partial charge in [0.2, 0.25) is 5.88 Å². The second-order valence-electron chi connectivity index (χ2n) is 12.5. The number of methoxy groups -OCH3 is 1. The van der Waals surface area contributed by atoms with Crippen LogP contribution in [0, 0.1) is 5.92 Å². The fraction of sp³-hybridized carbons (Fsp3) is 0.306. The average molecular weight is 722 g/mol. The first-order valence-corrected chi connectivity index (χ1v) is 16.9. The molecular weight excluding hydrogens is 689 g/mol. The van der Waals surface area contributed by atoms with Crippen LogP contribution in [0.25, 0.3) is 33.2 Å². The zero-order valence-corrected chi connectivity index (χ0v) is 28.6. The number of hydrogen-bond acceptors (Lipinski definition) is 8. The monoisotopic (exact) mass is 720 g/mol. The van der Waals surface area contributed by atoms with E-state index in [0.717, 1.165) is 34.7 Å². The van der Waals surface area contributed by atoms with Crippen LogP contribution in [0.1, 0.15) is 48.6 Å². The van der Waals surface area contributed by atoms with Gasteiger partial charge in [-0.05, 0) is 62.5 Å². The smallest absolute Gasteiger partial charge is 0.306 e. The van der Waals surface area contributed by atoms with Gasteiger partial charge in [0.1, 0.15) is 11.5 Å². The van der Waals surface area contributed by atoms with Gasteiger partial charge in [-0.3, -0.25) is 14.5 Å². The van der Waals surface area contributed by atoms with Crippen LogP contribution in [0.5, 0.6) is 5.88 Å². The maximum atomic E-state index is 13.8. The van der Waals surface area contributed by atoms with Crippen molar-refractivity contribution in [2.24, 2.45) is 13.0 Å². The maximum Gasteiger partial charge on any atom is 0.306 e. The summed E-state index contributed by atoms with van der Waals surface area (Å²) >= 11 is 14.1. The number of aromatic nitrogens is 4. The maximum absolute atomic E-state index is 13.8. The first-order chi connectivity index (χ1) is 24.0. The van der Waals surface area contributed by atoms with Gasteiger partial charge in [0.05, 0.1) is 46.0 Å². The molecule has 258 valence electrons. The minimum absolute atomic E-state index is 0.0707. The Morgan fingerprint density at radius 1 is 1.02 bits per heavy atom. The molecule has 10 nitrogen and oxygen atoms in total. The molecule has 14 heteroatoms. The minimum Gasteiger partial charge on any atom is -0.481 e. The number of ether oxygens (including phenoxy) is 1. The van der Waals surface area contributed by atoms with Crippen LogP contribution in [-0.4, -0.2) is 55.9 Å². The van der Waals surface area contributed by atoms with Crippen LogP contribution in [0.3, 0.4) is 0 Å². The SMILES string of the molecule is COc1nc(-c2cccc(-c3cccc(Nc4nc(C(F)F)cc5cnn(C)c(=O)c45)c3Cl)c2Cl)cc2c1C(N1CCC(C(=O)O)CC1)CC2. The molecule has 4 heterocycles. The molecule has 2 aliphatic rings. The Morgan fingerprint density at radius 3 is 2.42 bits per heavy atom. The molecule has 3 aromatic heterocycles. The molecule has 1 unspecified atom stereocenters. The van der Waals surface area contributed by atoms with Gasteiger partial charge < -0.3 is 15.2 Å². The fourth-order valence-electron chi connectivity index (χ4n) is 7.08. The number of benzene rings is 2. The molecule has 1 aliphatic heterocycles. The van der Waals surface area contributed by atoms with Gasteiger partial charge in [0, 0.05) is 40.7 Å². The van der Waals surface area contributed by atoms with Crippen molar-refractivity contribution in [3.63, 3.8) is 0 Å². The molecule has 0 saturated carbocycles. The predicted molar refractivity (Wildman–Crippen MR) is 188 cm³/mol. The highest BCUT2D eigenvalue weighted by Gasteiger charge is 2.36. The molecule has 5 aromatic rings. The lowest BCUT2D eigenvalue weighted by Gasteiger charge is -2.35. The topological polar surface area (TPSA) is 122 Å². The summed E-state index contributed by atoms with van der Waals surface area (Å²) in [6.45, 7) is 1.40. The lowest BCUT2D eigenvalue weighted by Crippen LogP contribution is -2.38. The summed E-state index contributed by atoms with van der Waals surface area (Å²) in [5.74, 6) is -0.607. The molecule has 2 N–H and O–H groups in total. The lowest BCUT2D eigenvalue weighted by atomic mass is 9.94. The highest BCUT2D eigenvalue weighted by atomic mass is 35.5. The number of aliphatic carboxylic acids is 1. The van der Waals surface area contributed by atoms with Gasteiger partial charge in [-0.2, -0.15) is 5.10 Å². The Kier molecular flexibility index (Phi) is 9.19.